The molecule has 0 radical (unpaired) electrons. The first kappa shape index (κ1) is 11.0. The number of aromatic nitrogens is 2. The quantitative estimate of drug-likeness (QED) is 0.804. The van der Waals surface area contributed by atoms with Crippen molar-refractivity contribution in [2.45, 2.75) is 25.6 Å². The number of carboxylic acids is 1. The van der Waals surface area contributed by atoms with Gasteiger partial charge in [0.2, 0.25) is 0 Å². The number of imidazole rings is 1. The molecule has 1 aliphatic rings. The molecular formula is C9H9F3N2O2. The lowest BCUT2D eigenvalue weighted by atomic mass is 9.99. The Labute approximate surface area is 88.7 Å². The minimum atomic E-state index is -4.23. The van der Waals surface area contributed by atoms with Crippen molar-refractivity contribution in [3.05, 3.63) is 17.7 Å². The lowest BCUT2D eigenvalue weighted by molar-refractivity contribution is -0.182. The van der Waals surface area contributed by atoms with Gasteiger partial charge in [-0.25, -0.2) is 9.78 Å². The van der Waals surface area contributed by atoms with Crippen molar-refractivity contribution in [2.75, 3.05) is 0 Å². The summed E-state index contributed by atoms with van der Waals surface area (Å²) in [6, 6.07) is 0. The first-order chi connectivity index (χ1) is 7.38. The van der Waals surface area contributed by atoms with E-state index < -0.39 is 18.1 Å². The van der Waals surface area contributed by atoms with Crippen LogP contribution in [0.2, 0.25) is 0 Å². The van der Waals surface area contributed by atoms with Crippen LogP contribution in [0.5, 0.6) is 0 Å². The number of carboxylic acid groups (broad SMARTS) is 1. The standard InChI is InChI=1S/C9H9F3N2O2/c10-9(11,12)5-1-2-7-13-6(8(15)16)4-14(7)3-5/h4-5H,1-3H2,(H,15,16)/t5-/m0/s1. The third-order valence-electron chi connectivity index (χ3n) is 2.67. The molecule has 1 aliphatic heterocycles. The van der Waals surface area contributed by atoms with Gasteiger partial charge < -0.3 is 9.67 Å². The van der Waals surface area contributed by atoms with Crippen LogP contribution in [0.4, 0.5) is 13.2 Å². The number of hydrogen-bond acceptors (Lipinski definition) is 2. The van der Waals surface area contributed by atoms with Crippen LogP contribution in [0.1, 0.15) is 22.7 Å². The number of rotatable bonds is 1. The zero-order valence-electron chi connectivity index (χ0n) is 8.16. The molecule has 0 saturated carbocycles. The minimum Gasteiger partial charge on any atom is -0.476 e. The van der Waals surface area contributed by atoms with Gasteiger partial charge in [-0.05, 0) is 6.42 Å². The van der Waals surface area contributed by atoms with Crippen molar-refractivity contribution in [2.24, 2.45) is 5.92 Å². The average molecular weight is 234 g/mol. The number of alkyl halides is 3. The maximum atomic E-state index is 12.5. The van der Waals surface area contributed by atoms with E-state index in [1.165, 1.54) is 4.57 Å². The Morgan fingerprint density at radius 2 is 2.25 bits per heavy atom. The number of aromatic carboxylic acids is 1. The Hall–Kier alpha value is -1.53. The summed E-state index contributed by atoms with van der Waals surface area (Å²) in [6.45, 7) is -0.237. The van der Waals surface area contributed by atoms with E-state index in [0.717, 1.165) is 6.20 Å². The van der Waals surface area contributed by atoms with E-state index in [2.05, 4.69) is 4.98 Å². The molecule has 0 aromatic carbocycles. The highest BCUT2D eigenvalue weighted by Gasteiger charge is 2.41. The van der Waals surface area contributed by atoms with E-state index in [1.807, 2.05) is 0 Å². The lowest BCUT2D eigenvalue weighted by Gasteiger charge is -2.25. The van der Waals surface area contributed by atoms with Gasteiger partial charge in [0, 0.05) is 19.2 Å². The van der Waals surface area contributed by atoms with Crippen molar-refractivity contribution < 1.29 is 23.1 Å². The number of carbonyl (C=O) groups is 1. The van der Waals surface area contributed by atoms with Gasteiger partial charge in [-0.3, -0.25) is 0 Å². The molecule has 1 atom stereocenters. The minimum absolute atomic E-state index is 0.0282. The zero-order chi connectivity index (χ0) is 11.9. The van der Waals surface area contributed by atoms with Gasteiger partial charge in [-0.15, -0.1) is 0 Å². The molecule has 4 nitrogen and oxygen atoms in total. The molecule has 0 amide bonds. The second-order valence-electron chi connectivity index (χ2n) is 3.78. The molecule has 16 heavy (non-hydrogen) atoms. The van der Waals surface area contributed by atoms with Gasteiger partial charge in [0.25, 0.3) is 0 Å². The monoisotopic (exact) mass is 234 g/mol. The van der Waals surface area contributed by atoms with Crippen molar-refractivity contribution in [3.8, 4) is 0 Å². The maximum Gasteiger partial charge on any atom is 0.393 e. The number of nitrogens with zero attached hydrogens (tertiary/aromatic N) is 2. The average Bonchev–Trinajstić information content (AvgIpc) is 2.58. The van der Waals surface area contributed by atoms with Crippen LogP contribution in [-0.4, -0.2) is 26.8 Å². The van der Waals surface area contributed by atoms with Crippen LogP contribution >= 0.6 is 0 Å². The molecule has 0 bridgehead atoms. The summed E-state index contributed by atoms with van der Waals surface area (Å²) in [5, 5.41) is 8.66. The molecule has 2 rings (SSSR count). The molecule has 2 heterocycles. The number of fused-ring (bicyclic) bond motifs is 1. The van der Waals surface area contributed by atoms with E-state index in [4.69, 9.17) is 5.11 Å². The van der Waals surface area contributed by atoms with Crippen molar-refractivity contribution in [1.29, 1.82) is 0 Å². The Morgan fingerprint density at radius 3 is 2.81 bits per heavy atom. The topological polar surface area (TPSA) is 55.1 Å². The number of aryl methyl sites for hydroxylation is 1. The predicted octanol–water partition coefficient (Wildman–Crippen LogP) is 1.71. The molecule has 0 aliphatic carbocycles. The summed E-state index contributed by atoms with van der Waals surface area (Å²) in [5.41, 5.74) is -0.196. The van der Waals surface area contributed by atoms with Crippen molar-refractivity contribution in [3.63, 3.8) is 0 Å². The Bertz CT molecular complexity index is 425. The van der Waals surface area contributed by atoms with Gasteiger partial charge in [0.15, 0.2) is 5.69 Å². The fourth-order valence-electron chi connectivity index (χ4n) is 1.81. The molecule has 7 heteroatoms. The fraction of sp³-hybridized carbons (Fsp3) is 0.556. The maximum absolute atomic E-state index is 12.5. The second kappa shape index (κ2) is 3.50. The molecule has 1 aromatic heterocycles. The molecule has 0 fully saturated rings. The molecule has 0 unspecified atom stereocenters. The summed E-state index contributed by atoms with van der Waals surface area (Å²) in [7, 11) is 0. The van der Waals surface area contributed by atoms with Crippen LogP contribution < -0.4 is 0 Å². The summed E-state index contributed by atoms with van der Waals surface area (Å²) < 4.78 is 38.6. The molecule has 0 saturated heterocycles. The second-order valence-corrected chi connectivity index (χ2v) is 3.78. The van der Waals surface area contributed by atoms with E-state index >= 15 is 0 Å². The first-order valence-corrected chi connectivity index (χ1v) is 4.74. The predicted molar refractivity (Wildman–Crippen MR) is 47.1 cm³/mol. The first-order valence-electron chi connectivity index (χ1n) is 4.74. The zero-order valence-corrected chi connectivity index (χ0v) is 8.16. The van der Waals surface area contributed by atoms with Crippen LogP contribution in [0, 0.1) is 5.92 Å². The van der Waals surface area contributed by atoms with Crippen LogP contribution in [-0.2, 0) is 13.0 Å². The van der Waals surface area contributed by atoms with Gasteiger partial charge in [-0.2, -0.15) is 13.2 Å². The Balaban J connectivity index is 2.24. The normalized spacial score (nSPS) is 20.6. The molecule has 0 spiro atoms. The summed E-state index contributed by atoms with van der Waals surface area (Å²) in [6.07, 6.45) is -2.93. The van der Waals surface area contributed by atoms with E-state index in [-0.39, 0.29) is 25.1 Å². The molecule has 88 valence electrons. The van der Waals surface area contributed by atoms with Gasteiger partial charge in [0.05, 0.1) is 5.92 Å². The fourth-order valence-corrected chi connectivity index (χ4v) is 1.81. The van der Waals surface area contributed by atoms with Crippen LogP contribution in [0.3, 0.4) is 0 Å². The Morgan fingerprint density at radius 1 is 1.56 bits per heavy atom. The van der Waals surface area contributed by atoms with E-state index in [0.29, 0.717) is 5.82 Å². The Kier molecular flexibility index (Phi) is 2.40. The van der Waals surface area contributed by atoms with Crippen molar-refractivity contribution >= 4 is 5.97 Å². The van der Waals surface area contributed by atoms with Gasteiger partial charge in [0.1, 0.15) is 5.82 Å². The van der Waals surface area contributed by atoms with Gasteiger partial charge in [-0.1, -0.05) is 0 Å². The van der Waals surface area contributed by atoms with E-state index in [9.17, 15) is 18.0 Å². The summed E-state index contributed by atoms with van der Waals surface area (Å²) >= 11 is 0. The van der Waals surface area contributed by atoms with E-state index in [1.54, 1.807) is 0 Å². The molecule has 1 aromatic rings. The highest BCUT2D eigenvalue weighted by atomic mass is 19.4. The largest absolute Gasteiger partial charge is 0.476 e. The lowest BCUT2D eigenvalue weighted by Crippen LogP contribution is -2.31. The number of halogens is 3. The van der Waals surface area contributed by atoms with Crippen LogP contribution in [0.15, 0.2) is 6.20 Å². The SMILES string of the molecule is O=C(O)c1cn2c(n1)CC[C@H](C(F)(F)F)C2. The van der Waals surface area contributed by atoms with Crippen molar-refractivity contribution in [1.82, 2.24) is 9.55 Å². The highest BCUT2D eigenvalue weighted by Crippen LogP contribution is 2.34. The van der Waals surface area contributed by atoms with Gasteiger partial charge >= 0.3 is 12.1 Å². The molecular weight excluding hydrogens is 225 g/mol. The summed E-state index contributed by atoms with van der Waals surface area (Å²) in [5.74, 6) is -2.21. The number of hydrogen-bond donors (Lipinski definition) is 1. The molecule has 1 N–H and O–H groups in total. The summed E-state index contributed by atoms with van der Waals surface area (Å²) in [4.78, 5) is 14.4. The van der Waals surface area contributed by atoms with Crippen LogP contribution in [0.25, 0.3) is 0 Å². The smallest absolute Gasteiger partial charge is 0.393 e. The highest BCUT2D eigenvalue weighted by molar-refractivity contribution is 5.85. The third kappa shape index (κ3) is 1.89. The third-order valence-corrected chi connectivity index (χ3v) is 2.67.